The largest absolute Gasteiger partial charge is 0.393 e. The zero-order valence-corrected chi connectivity index (χ0v) is 12.6. The zero-order valence-electron chi connectivity index (χ0n) is 11.0. The number of aromatic nitrogens is 2. The second kappa shape index (κ2) is 5.75. The second-order valence-corrected chi connectivity index (χ2v) is 6.47. The number of rotatable bonds is 2. The quantitative estimate of drug-likeness (QED) is 0.908. The Labute approximate surface area is 122 Å². The molecular weight excluding hydrogens is 306 g/mol. The fourth-order valence-corrected chi connectivity index (χ4v) is 4.06. The van der Waals surface area contributed by atoms with Gasteiger partial charge >= 0.3 is 0 Å². The van der Waals surface area contributed by atoms with E-state index in [1.165, 1.54) is 19.3 Å². The number of aliphatic hydroxyl groups is 1. The molecule has 0 aromatic carbocycles. The summed E-state index contributed by atoms with van der Waals surface area (Å²) in [5.41, 5.74) is 0. The summed E-state index contributed by atoms with van der Waals surface area (Å²) in [6.45, 7) is 1.03. The van der Waals surface area contributed by atoms with Crippen molar-refractivity contribution >= 4 is 21.7 Å². The van der Waals surface area contributed by atoms with Crippen molar-refractivity contribution in [1.82, 2.24) is 9.97 Å². The van der Waals surface area contributed by atoms with Crippen LogP contribution in [0, 0.1) is 5.92 Å². The average molecular weight is 326 g/mol. The molecule has 2 heterocycles. The maximum atomic E-state index is 10.3. The van der Waals surface area contributed by atoms with Crippen LogP contribution in [0.2, 0.25) is 0 Å². The van der Waals surface area contributed by atoms with Gasteiger partial charge in [-0.2, -0.15) is 0 Å². The van der Waals surface area contributed by atoms with Crippen molar-refractivity contribution in [2.24, 2.45) is 5.92 Å². The average Bonchev–Trinajstić information content (AvgIpc) is 2.89. The summed E-state index contributed by atoms with van der Waals surface area (Å²) in [7, 11) is 0. The van der Waals surface area contributed by atoms with Crippen molar-refractivity contribution in [1.29, 1.82) is 0 Å². The highest BCUT2D eigenvalue weighted by Crippen LogP contribution is 2.38. The van der Waals surface area contributed by atoms with Crippen LogP contribution in [0.4, 0.5) is 5.82 Å². The summed E-state index contributed by atoms with van der Waals surface area (Å²) < 4.78 is 0.951. The number of anilines is 1. The first kappa shape index (κ1) is 13.3. The summed E-state index contributed by atoms with van der Waals surface area (Å²) in [5.74, 6) is 1.38. The van der Waals surface area contributed by atoms with E-state index < -0.39 is 0 Å². The zero-order chi connectivity index (χ0) is 13.2. The molecule has 1 aromatic heterocycles. The molecule has 4 nitrogen and oxygen atoms in total. The highest BCUT2D eigenvalue weighted by atomic mass is 79.9. The van der Waals surface area contributed by atoms with Gasteiger partial charge in [0.05, 0.1) is 10.6 Å². The van der Waals surface area contributed by atoms with Gasteiger partial charge in [0.1, 0.15) is 12.1 Å². The van der Waals surface area contributed by atoms with Gasteiger partial charge in [-0.3, -0.25) is 0 Å². The standard InChI is InChI=1S/C14H20BrN3O/c15-11-8-16-9-17-14(11)18-7-3-5-12(18)10-4-1-2-6-13(10)19/h8-10,12-13,19H,1-7H2/t10-,12+,13+/m0/s1. The Kier molecular flexibility index (Phi) is 4.03. The molecule has 1 saturated carbocycles. The molecule has 0 amide bonds. The summed E-state index contributed by atoms with van der Waals surface area (Å²) in [6, 6.07) is 0.432. The van der Waals surface area contributed by atoms with Gasteiger partial charge in [0.25, 0.3) is 0 Å². The lowest BCUT2D eigenvalue weighted by Gasteiger charge is -2.37. The summed E-state index contributed by atoms with van der Waals surface area (Å²) in [4.78, 5) is 10.8. The second-order valence-electron chi connectivity index (χ2n) is 5.61. The van der Waals surface area contributed by atoms with E-state index in [0.29, 0.717) is 12.0 Å². The van der Waals surface area contributed by atoms with Gasteiger partial charge in [-0.05, 0) is 41.6 Å². The Hall–Kier alpha value is -0.680. The van der Waals surface area contributed by atoms with E-state index in [1.54, 1.807) is 12.5 Å². The number of nitrogens with zero attached hydrogens (tertiary/aromatic N) is 3. The van der Waals surface area contributed by atoms with Crippen LogP contribution in [0.3, 0.4) is 0 Å². The van der Waals surface area contributed by atoms with Crippen LogP contribution in [0.1, 0.15) is 38.5 Å². The van der Waals surface area contributed by atoms with E-state index in [1.807, 2.05) is 0 Å². The number of hydrogen-bond acceptors (Lipinski definition) is 4. The smallest absolute Gasteiger partial charge is 0.146 e. The van der Waals surface area contributed by atoms with Gasteiger partial charge in [-0.1, -0.05) is 12.8 Å². The third kappa shape index (κ3) is 2.63. The minimum atomic E-state index is -0.139. The molecule has 1 saturated heterocycles. The molecule has 2 aliphatic rings. The van der Waals surface area contributed by atoms with Crippen molar-refractivity contribution in [2.75, 3.05) is 11.4 Å². The van der Waals surface area contributed by atoms with Gasteiger partial charge in [0.15, 0.2) is 0 Å². The summed E-state index contributed by atoms with van der Waals surface area (Å²) in [5, 5.41) is 10.3. The normalized spacial score (nSPS) is 31.7. The Morgan fingerprint density at radius 2 is 2.05 bits per heavy atom. The SMILES string of the molecule is O[C@@H]1CCCC[C@H]1[C@H]1CCCN1c1ncncc1Br. The summed E-state index contributed by atoms with van der Waals surface area (Å²) in [6.07, 6.45) is 10.1. The topological polar surface area (TPSA) is 49.2 Å². The van der Waals surface area contributed by atoms with E-state index in [2.05, 4.69) is 30.8 Å². The highest BCUT2D eigenvalue weighted by molar-refractivity contribution is 9.10. The Bertz CT molecular complexity index is 442. The molecule has 0 spiro atoms. The van der Waals surface area contributed by atoms with Crippen molar-refractivity contribution in [3.63, 3.8) is 0 Å². The lowest BCUT2D eigenvalue weighted by atomic mass is 9.80. The molecule has 104 valence electrons. The van der Waals surface area contributed by atoms with Gasteiger partial charge in [-0.15, -0.1) is 0 Å². The van der Waals surface area contributed by atoms with Crippen molar-refractivity contribution in [3.8, 4) is 0 Å². The number of hydrogen-bond donors (Lipinski definition) is 1. The monoisotopic (exact) mass is 325 g/mol. The third-order valence-electron chi connectivity index (χ3n) is 4.50. The molecule has 5 heteroatoms. The molecule has 19 heavy (non-hydrogen) atoms. The molecule has 3 rings (SSSR count). The fourth-order valence-electron chi connectivity index (χ4n) is 3.61. The minimum Gasteiger partial charge on any atom is -0.393 e. The molecule has 0 radical (unpaired) electrons. The predicted molar refractivity (Wildman–Crippen MR) is 78.1 cm³/mol. The van der Waals surface area contributed by atoms with Gasteiger partial charge in [0, 0.05) is 24.7 Å². The van der Waals surface area contributed by atoms with E-state index in [4.69, 9.17) is 0 Å². The molecule has 1 aliphatic heterocycles. The lowest BCUT2D eigenvalue weighted by Crippen LogP contribution is -2.43. The van der Waals surface area contributed by atoms with Gasteiger partial charge in [0.2, 0.25) is 0 Å². The fraction of sp³-hybridized carbons (Fsp3) is 0.714. The molecule has 2 fully saturated rings. The first-order valence-electron chi connectivity index (χ1n) is 7.17. The predicted octanol–water partition coefficient (Wildman–Crippen LogP) is 2.76. The van der Waals surface area contributed by atoms with Crippen molar-refractivity contribution < 1.29 is 5.11 Å². The van der Waals surface area contributed by atoms with E-state index >= 15 is 0 Å². The minimum absolute atomic E-state index is 0.139. The lowest BCUT2D eigenvalue weighted by molar-refractivity contribution is 0.0565. The van der Waals surface area contributed by atoms with Gasteiger partial charge in [-0.25, -0.2) is 9.97 Å². The van der Waals surface area contributed by atoms with E-state index in [0.717, 1.165) is 36.1 Å². The highest BCUT2D eigenvalue weighted by Gasteiger charge is 2.37. The van der Waals surface area contributed by atoms with Crippen molar-refractivity contribution in [3.05, 3.63) is 17.0 Å². The van der Waals surface area contributed by atoms with E-state index in [9.17, 15) is 5.11 Å². The number of aliphatic hydroxyl groups excluding tert-OH is 1. The molecule has 1 aromatic rings. The van der Waals surface area contributed by atoms with Crippen LogP contribution in [0.5, 0.6) is 0 Å². The Morgan fingerprint density at radius 1 is 1.21 bits per heavy atom. The molecular formula is C14H20BrN3O. The van der Waals surface area contributed by atoms with Gasteiger partial charge < -0.3 is 10.0 Å². The first-order valence-corrected chi connectivity index (χ1v) is 7.97. The molecule has 0 unspecified atom stereocenters. The Balaban J connectivity index is 1.83. The van der Waals surface area contributed by atoms with Crippen LogP contribution in [-0.2, 0) is 0 Å². The third-order valence-corrected chi connectivity index (χ3v) is 5.05. The van der Waals surface area contributed by atoms with Crippen LogP contribution < -0.4 is 4.90 Å². The van der Waals surface area contributed by atoms with Crippen LogP contribution >= 0.6 is 15.9 Å². The Morgan fingerprint density at radius 3 is 2.84 bits per heavy atom. The van der Waals surface area contributed by atoms with Crippen LogP contribution in [0.15, 0.2) is 17.0 Å². The maximum Gasteiger partial charge on any atom is 0.146 e. The molecule has 1 N–H and O–H groups in total. The van der Waals surface area contributed by atoms with Crippen molar-refractivity contribution in [2.45, 2.75) is 50.7 Å². The summed E-state index contributed by atoms with van der Waals surface area (Å²) >= 11 is 3.54. The molecule has 0 bridgehead atoms. The first-order chi connectivity index (χ1) is 9.27. The van der Waals surface area contributed by atoms with Crippen LogP contribution in [-0.4, -0.2) is 33.8 Å². The number of halogens is 1. The maximum absolute atomic E-state index is 10.3. The molecule has 3 atom stereocenters. The van der Waals surface area contributed by atoms with Crippen LogP contribution in [0.25, 0.3) is 0 Å². The van der Waals surface area contributed by atoms with E-state index in [-0.39, 0.29) is 6.10 Å². The molecule has 1 aliphatic carbocycles.